The molecule has 6 heteroatoms. The highest BCUT2D eigenvalue weighted by molar-refractivity contribution is 5.79. The summed E-state index contributed by atoms with van der Waals surface area (Å²) in [6.45, 7) is 3.55. The Morgan fingerprint density at radius 3 is 2.30 bits per heavy atom. The predicted octanol–water partition coefficient (Wildman–Crippen LogP) is 2.69. The fraction of sp³-hybridized carbons (Fsp3) is 0.118. The molecule has 0 saturated heterocycles. The maximum Gasteiger partial charge on any atom is 0.138 e. The van der Waals surface area contributed by atoms with E-state index in [2.05, 4.69) is 27.2 Å². The topological polar surface area (TPSA) is 91.2 Å². The monoisotopic (exact) mass is 300 g/mol. The number of rotatable bonds is 2. The zero-order valence-electron chi connectivity index (χ0n) is 12.6. The summed E-state index contributed by atoms with van der Waals surface area (Å²) in [5.41, 5.74) is 4.27. The summed E-state index contributed by atoms with van der Waals surface area (Å²) >= 11 is 0. The van der Waals surface area contributed by atoms with Crippen molar-refractivity contribution in [3.8, 4) is 29.0 Å². The maximum absolute atomic E-state index is 9.50. The summed E-state index contributed by atoms with van der Waals surface area (Å²) in [5, 5.41) is 23.1. The van der Waals surface area contributed by atoms with Crippen molar-refractivity contribution in [3.63, 3.8) is 0 Å². The van der Waals surface area contributed by atoms with Gasteiger partial charge in [0.05, 0.1) is 28.2 Å². The van der Waals surface area contributed by atoms with Gasteiger partial charge < -0.3 is 0 Å². The van der Waals surface area contributed by atoms with E-state index in [1.807, 2.05) is 24.3 Å². The van der Waals surface area contributed by atoms with Gasteiger partial charge in [0.1, 0.15) is 24.8 Å². The highest BCUT2D eigenvalue weighted by atomic mass is 15.3. The van der Waals surface area contributed by atoms with Crippen LogP contribution in [0.2, 0.25) is 0 Å². The van der Waals surface area contributed by atoms with Gasteiger partial charge >= 0.3 is 0 Å². The molecule has 2 heterocycles. The fourth-order valence-electron chi connectivity index (χ4n) is 2.56. The average Bonchev–Trinajstić information content (AvgIpc) is 3.09. The number of pyridine rings is 1. The van der Waals surface area contributed by atoms with Crippen LogP contribution in [-0.4, -0.2) is 19.7 Å². The Balaban J connectivity index is 2.30. The number of hydrogen-bond donors (Lipinski definition) is 0. The number of hydrogen-bond acceptors (Lipinski definition) is 5. The third-order valence-electron chi connectivity index (χ3n) is 3.60. The molecule has 0 spiro atoms. The van der Waals surface area contributed by atoms with Gasteiger partial charge in [-0.25, -0.2) is 9.67 Å². The van der Waals surface area contributed by atoms with Gasteiger partial charge in [0, 0.05) is 5.56 Å². The third kappa shape index (κ3) is 2.43. The van der Waals surface area contributed by atoms with Gasteiger partial charge in [-0.3, -0.25) is 4.98 Å². The first-order valence-corrected chi connectivity index (χ1v) is 6.92. The lowest BCUT2D eigenvalue weighted by molar-refractivity contribution is 0.879. The van der Waals surface area contributed by atoms with Gasteiger partial charge in [0.15, 0.2) is 0 Å². The van der Waals surface area contributed by atoms with Crippen LogP contribution in [0.5, 0.6) is 0 Å². The minimum atomic E-state index is 0.419. The molecular weight excluding hydrogens is 288 g/mol. The molecule has 0 unspecified atom stereocenters. The molecule has 0 N–H and O–H groups in total. The Morgan fingerprint density at radius 1 is 1.04 bits per heavy atom. The van der Waals surface area contributed by atoms with Crippen LogP contribution in [0.4, 0.5) is 0 Å². The Kier molecular flexibility index (Phi) is 3.58. The van der Waals surface area contributed by atoms with Crippen LogP contribution in [0.3, 0.4) is 0 Å². The van der Waals surface area contributed by atoms with Gasteiger partial charge in [-0.1, -0.05) is 12.1 Å². The standard InChI is InChI=1S/C17H12N6/c1-11-15(7-18)17(16(8-19)12(2)22-11)13-4-3-5-14(6-13)23-10-20-9-21-23/h3-6,9-10H,1-2H3. The molecule has 0 aliphatic carbocycles. The lowest BCUT2D eigenvalue weighted by Crippen LogP contribution is -2.02. The second-order valence-corrected chi connectivity index (χ2v) is 5.02. The van der Waals surface area contributed by atoms with Crippen molar-refractivity contribution in [1.29, 1.82) is 10.5 Å². The first kappa shape index (κ1) is 14.4. The molecule has 1 aromatic carbocycles. The summed E-state index contributed by atoms with van der Waals surface area (Å²) in [5.74, 6) is 0. The van der Waals surface area contributed by atoms with Crippen molar-refractivity contribution in [2.75, 3.05) is 0 Å². The molecular formula is C17H12N6. The van der Waals surface area contributed by atoms with E-state index in [0.717, 1.165) is 11.3 Å². The zero-order valence-corrected chi connectivity index (χ0v) is 12.6. The highest BCUT2D eigenvalue weighted by Gasteiger charge is 2.17. The first-order valence-electron chi connectivity index (χ1n) is 6.92. The molecule has 0 amide bonds. The lowest BCUT2D eigenvalue weighted by Gasteiger charge is -2.12. The summed E-state index contributed by atoms with van der Waals surface area (Å²) in [6, 6.07) is 11.8. The van der Waals surface area contributed by atoms with Crippen molar-refractivity contribution in [1.82, 2.24) is 19.7 Å². The normalized spacial score (nSPS) is 10.1. The number of aryl methyl sites for hydroxylation is 2. The SMILES string of the molecule is Cc1nc(C)c(C#N)c(-c2cccc(-n3cncn3)c2)c1C#N. The molecule has 6 nitrogen and oxygen atoms in total. The van der Waals surface area contributed by atoms with Crippen LogP contribution in [0.1, 0.15) is 22.5 Å². The van der Waals surface area contributed by atoms with E-state index in [1.54, 1.807) is 24.9 Å². The predicted molar refractivity (Wildman–Crippen MR) is 83.5 cm³/mol. The molecule has 0 atom stereocenters. The summed E-state index contributed by atoms with van der Waals surface area (Å²) in [6.07, 6.45) is 3.05. The molecule has 0 bridgehead atoms. The van der Waals surface area contributed by atoms with E-state index < -0.39 is 0 Å². The van der Waals surface area contributed by atoms with Gasteiger partial charge in [0.25, 0.3) is 0 Å². The number of nitriles is 2. The molecule has 0 aliphatic rings. The van der Waals surface area contributed by atoms with Crippen molar-refractivity contribution in [2.45, 2.75) is 13.8 Å². The molecule has 0 fully saturated rings. The number of benzene rings is 1. The van der Waals surface area contributed by atoms with Gasteiger partial charge in [0.2, 0.25) is 0 Å². The largest absolute Gasteiger partial charge is 0.256 e. The van der Waals surface area contributed by atoms with E-state index in [0.29, 0.717) is 28.1 Å². The molecule has 23 heavy (non-hydrogen) atoms. The van der Waals surface area contributed by atoms with Gasteiger partial charge in [-0.05, 0) is 31.5 Å². The average molecular weight is 300 g/mol. The highest BCUT2D eigenvalue weighted by Crippen LogP contribution is 2.31. The van der Waals surface area contributed by atoms with E-state index in [9.17, 15) is 10.5 Å². The lowest BCUT2D eigenvalue weighted by atomic mass is 9.93. The Labute approximate surface area is 133 Å². The van der Waals surface area contributed by atoms with E-state index in [4.69, 9.17) is 0 Å². The van der Waals surface area contributed by atoms with E-state index >= 15 is 0 Å². The summed E-state index contributed by atoms with van der Waals surface area (Å²) in [7, 11) is 0. The summed E-state index contributed by atoms with van der Waals surface area (Å²) < 4.78 is 1.63. The van der Waals surface area contributed by atoms with Crippen molar-refractivity contribution < 1.29 is 0 Å². The Hall–Kier alpha value is -3.51. The first-order chi connectivity index (χ1) is 11.2. The fourth-order valence-corrected chi connectivity index (χ4v) is 2.56. The van der Waals surface area contributed by atoms with Crippen molar-refractivity contribution >= 4 is 0 Å². The molecule has 110 valence electrons. The van der Waals surface area contributed by atoms with Crippen molar-refractivity contribution in [2.24, 2.45) is 0 Å². The minimum Gasteiger partial charge on any atom is -0.256 e. The van der Waals surface area contributed by atoms with Crippen molar-refractivity contribution in [3.05, 3.63) is 59.4 Å². The van der Waals surface area contributed by atoms with E-state index in [-0.39, 0.29) is 0 Å². The van der Waals surface area contributed by atoms with Crippen LogP contribution in [0.15, 0.2) is 36.9 Å². The smallest absolute Gasteiger partial charge is 0.138 e. The van der Waals surface area contributed by atoms with Crippen LogP contribution in [-0.2, 0) is 0 Å². The Bertz CT molecular complexity index is 920. The molecule has 0 radical (unpaired) electrons. The molecule has 3 rings (SSSR count). The summed E-state index contributed by atoms with van der Waals surface area (Å²) in [4.78, 5) is 8.23. The molecule has 0 saturated carbocycles. The number of aromatic nitrogens is 4. The second kappa shape index (κ2) is 5.70. The third-order valence-corrected chi connectivity index (χ3v) is 3.60. The Morgan fingerprint density at radius 2 is 1.74 bits per heavy atom. The molecule has 2 aromatic heterocycles. The minimum absolute atomic E-state index is 0.419. The van der Waals surface area contributed by atoms with Crippen LogP contribution >= 0.6 is 0 Å². The van der Waals surface area contributed by atoms with E-state index in [1.165, 1.54) is 6.33 Å². The van der Waals surface area contributed by atoms with Crippen LogP contribution < -0.4 is 0 Å². The van der Waals surface area contributed by atoms with Gasteiger partial charge in [-0.15, -0.1) is 0 Å². The number of nitrogens with zero attached hydrogens (tertiary/aromatic N) is 6. The zero-order chi connectivity index (χ0) is 16.4. The quantitative estimate of drug-likeness (QED) is 0.725. The van der Waals surface area contributed by atoms with Crippen LogP contribution in [0, 0.1) is 36.5 Å². The second-order valence-electron chi connectivity index (χ2n) is 5.02. The van der Waals surface area contributed by atoms with Crippen LogP contribution in [0.25, 0.3) is 16.8 Å². The molecule has 0 aliphatic heterocycles. The van der Waals surface area contributed by atoms with Gasteiger partial charge in [-0.2, -0.15) is 15.6 Å². The maximum atomic E-state index is 9.50. The molecule has 3 aromatic rings.